The third-order valence-electron chi connectivity index (χ3n) is 3.71. The maximum Gasteiger partial charge on any atom is 0.210 e. The van der Waals surface area contributed by atoms with Crippen molar-refractivity contribution in [3.63, 3.8) is 0 Å². The summed E-state index contributed by atoms with van der Waals surface area (Å²) in [4.78, 5) is 14.6. The van der Waals surface area contributed by atoms with Gasteiger partial charge in [0.25, 0.3) is 0 Å². The van der Waals surface area contributed by atoms with Crippen LogP contribution in [0.4, 0.5) is 0 Å². The SMILES string of the molecule is C=CN(CCCC)C1=C(C)/C(=N/O)c2ccccc2C1=O. The molecule has 1 aromatic carbocycles. The zero-order valence-corrected chi connectivity index (χ0v) is 12.5. The summed E-state index contributed by atoms with van der Waals surface area (Å²) in [7, 11) is 0. The van der Waals surface area contributed by atoms with Crippen molar-refractivity contribution >= 4 is 11.5 Å². The normalized spacial score (nSPS) is 16.1. The standard InChI is InChI=1S/C17H20N2O2/c1-4-6-11-19(5-2)16-12(3)15(18-21)13-9-7-8-10-14(13)17(16)20/h5,7-10,21H,2,4,6,11H2,1,3H3/b18-15-. The predicted molar refractivity (Wildman–Crippen MR) is 83.6 cm³/mol. The molecule has 0 bridgehead atoms. The summed E-state index contributed by atoms with van der Waals surface area (Å²) in [5, 5.41) is 12.7. The molecule has 4 heteroatoms. The molecule has 0 amide bonds. The zero-order valence-electron chi connectivity index (χ0n) is 12.5. The van der Waals surface area contributed by atoms with Gasteiger partial charge in [-0.05, 0) is 19.5 Å². The smallest absolute Gasteiger partial charge is 0.210 e. The van der Waals surface area contributed by atoms with Gasteiger partial charge in [0.2, 0.25) is 5.78 Å². The van der Waals surface area contributed by atoms with Crippen LogP contribution in [0.1, 0.15) is 42.6 Å². The molecule has 0 aliphatic heterocycles. The molecule has 110 valence electrons. The minimum atomic E-state index is -0.0495. The van der Waals surface area contributed by atoms with E-state index >= 15 is 0 Å². The first-order valence-corrected chi connectivity index (χ1v) is 7.12. The third-order valence-corrected chi connectivity index (χ3v) is 3.71. The summed E-state index contributed by atoms with van der Waals surface area (Å²) < 4.78 is 0. The maximum atomic E-state index is 12.8. The van der Waals surface area contributed by atoms with Gasteiger partial charge in [-0.2, -0.15) is 0 Å². The third kappa shape index (κ3) is 2.61. The fourth-order valence-electron chi connectivity index (χ4n) is 2.60. The second-order valence-electron chi connectivity index (χ2n) is 5.03. The number of carbonyl (C=O) groups excluding carboxylic acids is 1. The average molecular weight is 284 g/mol. The summed E-state index contributed by atoms with van der Waals surface area (Å²) in [5.74, 6) is -0.0495. The van der Waals surface area contributed by atoms with E-state index in [1.807, 2.05) is 17.0 Å². The van der Waals surface area contributed by atoms with E-state index in [1.165, 1.54) is 0 Å². The summed E-state index contributed by atoms with van der Waals surface area (Å²) in [6.07, 6.45) is 3.65. The number of oxime groups is 1. The van der Waals surface area contributed by atoms with E-state index in [0.717, 1.165) is 19.4 Å². The van der Waals surface area contributed by atoms with E-state index in [4.69, 9.17) is 0 Å². The highest BCUT2D eigenvalue weighted by atomic mass is 16.4. The summed E-state index contributed by atoms with van der Waals surface area (Å²) in [6.45, 7) is 8.43. The van der Waals surface area contributed by atoms with E-state index in [0.29, 0.717) is 28.1 Å². The zero-order chi connectivity index (χ0) is 15.4. The van der Waals surface area contributed by atoms with Gasteiger partial charge in [-0.3, -0.25) is 4.79 Å². The number of unbranched alkanes of at least 4 members (excludes halogenated alkanes) is 1. The Hall–Kier alpha value is -2.36. The first-order valence-electron chi connectivity index (χ1n) is 7.12. The quantitative estimate of drug-likeness (QED) is 0.664. The molecule has 0 unspecified atom stereocenters. The number of hydrogen-bond donors (Lipinski definition) is 1. The van der Waals surface area contributed by atoms with Gasteiger partial charge in [0.1, 0.15) is 5.71 Å². The number of fused-ring (bicyclic) bond motifs is 1. The Balaban J connectivity index is 2.55. The summed E-state index contributed by atoms with van der Waals surface area (Å²) >= 11 is 0. The Kier molecular flexibility index (Phi) is 4.58. The Labute approximate surface area is 125 Å². The number of Topliss-reactive ketones (excluding diaryl/α,β-unsaturated/α-hetero) is 1. The highest BCUT2D eigenvalue weighted by Gasteiger charge is 2.31. The van der Waals surface area contributed by atoms with Crippen LogP contribution in [-0.4, -0.2) is 28.1 Å². The van der Waals surface area contributed by atoms with Gasteiger partial charge in [-0.15, -0.1) is 0 Å². The van der Waals surface area contributed by atoms with Crippen LogP contribution in [0.2, 0.25) is 0 Å². The Morgan fingerprint density at radius 3 is 2.57 bits per heavy atom. The molecular weight excluding hydrogens is 264 g/mol. The first kappa shape index (κ1) is 15.0. The molecule has 0 saturated heterocycles. The van der Waals surface area contributed by atoms with Gasteiger partial charge in [0.15, 0.2) is 0 Å². The van der Waals surface area contributed by atoms with Crippen molar-refractivity contribution < 1.29 is 10.0 Å². The number of nitrogens with zero attached hydrogens (tertiary/aromatic N) is 2. The topological polar surface area (TPSA) is 52.9 Å². The molecule has 0 atom stereocenters. The number of benzene rings is 1. The van der Waals surface area contributed by atoms with Crippen molar-refractivity contribution in [2.45, 2.75) is 26.7 Å². The monoisotopic (exact) mass is 284 g/mol. The van der Waals surface area contributed by atoms with Crippen molar-refractivity contribution in [1.82, 2.24) is 4.90 Å². The molecule has 0 aromatic heterocycles. The average Bonchev–Trinajstić information content (AvgIpc) is 2.51. The number of ketones is 1. The fourth-order valence-corrected chi connectivity index (χ4v) is 2.60. The molecular formula is C17H20N2O2. The molecule has 0 heterocycles. The maximum absolute atomic E-state index is 12.8. The highest BCUT2D eigenvalue weighted by molar-refractivity contribution is 6.28. The lowest BCUT2D eigenvalue weighted by atomic mass is 9.86. The largest absolute Gasteiger partial charge is 0.410 e. The molecule has 1 N–H and O–H groups in total. The number of rotatable bonds is 5. The van der Waals surface area contributed by atoms with Crippen LogP contribution >= 0.6 is 0 Å². The van der Waals surface area contributed by atoms with Crippen molar-refractivity contribution in [2.24, 2.45) is 5.16 Å². The van der Waals surface area contributed by atoms with Gasteiger partial charge in [0.05, 0.1) is 5.70 Å². The van der Waals surface area contributed by atoms with Crippen molar-refractivity contribution in [1.29, 1.82) is 0 Å². The number of hydrogen-bond acceptors (Lipinski definition) is 4. The van der Waals surface area contributed by atoms with Crippen LogP contribution in [0.5, 0.6) is 0 Å². The molecule has 2 rings (SSSR count). The molecule has 0 saturated carbocycles. The lowest BCUT2D eigenvalue weighted by Crippen LogP contribution is -2.31. The molecule has 4 nitrogen and oxygen atoms in total. The Morgan fingerprint density at radius 1 is 1.33 bits per heavy atom. The van der Waals surface area contributed by atoms with E-state index in [2.05, 4.69) is 18.7 Å². The predicted octanol–water partition coefficient (Wildman–Crippen LogP) is 3.58. The highest BCUT2D eigenvalue weighted by Crippen LogP contribution is 2.29. The van der Waals surface area contributed by atoms with E-state index in [1.54, 1.807) is 25.3 Å². The van der Waals surface area contributed by atoms with Crippen molar-refractivity contribution in [3.05, 3.63) is 59.4 Å². The second kappa shape index (κ2) is 6.39. The van der Waals surface area contributed by atoms with E-state index < -0.39 is 0 Å². The van der Waals surface area contributed by atoms with E-state index in [-0.39, 0.29) is 5.78 Å². The summed E-state index contributed by atoms with van der Waals surface area (Å²) in [6, 6.07) is 7.20. The Bertz CT molecular complexity index is 629. The fraction of sp³-hybridized carbons (Fsp3) is 0.294. The second-order valence-corrected chi connectivity index (χ2v) is 5.03. The Morgan fingerprint density at radius 2 is 2.00 bits per heavy atom. The van der Waals surface area contributed by atoms with Crippen molar-refractivity contribution in [2.75, 3.05) is 6.54 Å². The van der Waals surface area contributed by atoms with Crippen LogP contribution < -0.4 is 0 Å². The molecule has 0 radical (unpaired) electrons. The lowest BCUT2D eigenvalue weighted by molar-refractivity contribution is 0.1000. The molecule has 1 aliphatic carbocycles. The molecule has 0 fully saturated rings. The van der Waals surface area contributed by atoms with Gasteiger partial charge in [-0.25, -0.2) is 0 Å². The molecule has 1 aromatic rings. The summed E-state index contributed by atoms with van der Waals surface area (Å²) in [5.41, 5.74) is 2.91. The van der Waals surface area contributed by atoms with E-state index in [9.17, 15) is 10.0 Å². The minimum absolute atomic E-state index is 0.0495. The van der Waals surface area contributed by atoms with Crippen LogP contribution in [0.15, 0.2) is 53.5 Å². The molecule has 1 aliphatic rings. The number of carbonyl (C=O) groups is 1. The molecule has 0 spiro atoms. The van der Waals surface area contributed by atoms with Gasteiger partial charge >= 0.3 is 0 Å². The van der Waals surface area contributed by atoms with Gasteiger partial charge < -0.3 is 10.1 Å². The van der Waals surface area contributed by atoms with Crippen LogP contribution in [-0.2, 0) is 0 Å². The first-order chi connectivity index (χ1) is 10.2. The van der Waals surface area contributed by atoms with Gasteiger partial charge in [0, 0.05) is 23.2 Å². The van der Waals surface area contributed by atoms with Crippen LogP contribution in [0.3, 0.4) is 0 Å². The van der Waals surface area contributed by atoms with Crippen LogP contribution in [0.25, 0.3) is 0 Å². The van der Waals surface area contributed by atoms with Gasteiger partial charge in [-0.1, -0.05) is 49.3 Å². The number of allylic oxidation sites excluding steroid dienone is 2. The molecule has 21 heavy (non-hydrogen) atoms. The minimum Gasteiger partial charge on any atom is -0.410 e. The lowest BCUT2D eigenvalue weighted by Gasteiger charge is -2.28. The van der Waals surface area contributed by atoms with Crippen molar-refractivity contribution in [3.8, 4) is 0 Å². The van der Waals surface area contributed by atoms with Crippen LogP contribution in [0, 0.1) is 0 Å².